The minimum absolute atomic E-state index is 0.307. The van der Waals surface area contributed by atoms with Crippen LogP contribution in [-0.2, 0) is 0 Å². The summed E-state index contributed by atoms with van der Waals surface area (Å²) in [6, 6.07) is 12.2. The monoisotopic (exact) mass is 303 g/mol. The number of hydrogen-bond acceptors (Lipinski definition) is 2. The van der Waals surface area contributed by atoms with E-state index >= 15 is 0 Å². The lowest BCUT2D eigenvalue weighted by Gasteiger charge is -2.27. The van der Waals surface area contributed by atoms with Gasteiger partial charge < -0.3 is 9.84 Å². The van der Waals surface area contributed by atoms with Crippen molar-refractivity contribution in [1.29, 1.82) is 0 Å². The number of amides is 1. The molecule has 0 saturated carbocycles. The second kappa shape index (κ2) is 5.30. The Kier molecular flexibility index (Phi) is 3.47. The lowest BCUT2D eigenvalue weighted by molar-refractivity contribution is 0.198. The van der Waals surface area contributed by atoms with Gasteiger partial charge in [0.25, 0.3) is 0 Å². The van der Waals surface area contributed by atoms with Gasteiger partial charge in [-0.2, -0.15) is 0 Å². The van der Waals surface area contributed by atoms with Crippen molar-refractivity contribution in [2.24, 2.45) is 0 Å². The van der Waals surface area contributed by atoms with Crippen molar-refractivity contribution < 1.29 is 14.6 Å². The number of hydrogen-bond donors (Lipinski definition) is 1. The third-order valence-electron chi connectivity index (χ3n) is 3.58. The van der Waals surface area contributed by atoms with Gasteiger partial charge in [0, 0.05) is 10.6 Å². The first-order valence-corrected chi connectivity index (χ1v) is 7.08. The van der Waals surface area contributed by atoms with E-state index in [-0.39, 0.29) is 6.04 Å². The van der Waals surface area contributed by atoms with Crippen LogP contribution >= 0.6 is 11.6 Å². The van der Waals surface area contributed by atoms with E-state index in [1.165, 1.54) is 4.90 Å². The van der Waals surface area contributed by atoms with Crippen molar-refractivity contribution in [1.82, 2.24) is 0 Å². The number of benzene rings is 2. The average Bonchev–Trinajstić information content (AvgIpc) is 2.60. The minimum Gasteiger partial charge on any atom is -0.465 e. The molecule has 1 unspecified atom stereocenters. The first kappa shape index (κ1) is 13.8. The van der Waals surface area contributed by atoms with Crippen LogP contribution in [0.5, 0.6) is 11.5 Å². The number of carbonyl (C=O) groups is 1. The van der Waals surface area contributed by atoms with Gasteiger partial charge in [0.1, 0.15) is 5.75 Å². The number of carboxylic acid groups (broad SMARTS) is 1. The highest BCUT2D eigenvalue weighted by atomic mass is 35.5. The molecule has 21 heavy (non-hydrogen) atoms. The first-order valence-electron chi connectivity index (χ1n) is 6.70. The molecule has 5 heteroatoms. The van der Waals surface area contributed by atoms with Gasteiger partial charge in [-0.1, -0.05) is 36.7 Å². The van der Waals surface area contributed by atoms with Crippen LogP contribution in [-0.4, -0.2) is 11.2 Å². The average molecular weight is 304 g/mol. The standard InChI is InChI=1S/C16H14ClNO3/c1-2-12-11-5-3-4-6-14(11)21-15-8-7-10(17)9-13(15)18(12)16(19)20/h3-9,12H,2H2,1H3,(H,19,20). The van der Waals surface area contributed by atoms with E-state index < -0.39 is 6.09 Å². The lowest BCUT2D eigenvalue weighted by Crippen LogP contribution is -2.32. The fourth-order valence-corrected chi connectivity index (χ4v) is 2.84. The Morgan fingerprint density at radius 2 is 2.05 bits per heavy atom. The molecule has 2 aromatic carbocycles. The number of nitrogens with zero attached hydrogens (tertiary/aromatic N) is 1. The number of halogens is 1. The number of para-hydroxylation sites is 1. The van der Waals surface area contributed by atoms with Crippen LogP contribution in [0.3, 0.4) is 0 Å². The molecule has 1 aliphatic heterocycles. The van der Waals surface area contributed by atoms with Gasteiger partial charge in [-0.25, -0.2) is 4.79 Å². The molecule has 1 heterocycles. The molecule has 0 bridgehead atoms. The van der Waals surface area contributed by atoms with Crippen LogP contribution in [0.4, 0.5) is 10.5 Å². The highest BCUT2D eigenvalue weighted by Crippen LogP contribution is 2.45. The van der Waals surface area contributed by atoms with E-state index in [2.05, 4.69) is 0 Å². The summed E-state index contributed by atoms with van der Waals surface area (Å²) in [6.45, 7) is 1.95. The first-order chi connectivity index (χ1) is 10.1. The summed E-state index contributed by atoms with van der Waals surface area (Å²) >= 11 is 6.03. The van der Waals surface area contributed by atoms with Gasteiger partial charge >= 0.3 is 6.09 Å². The highest BCUT2D eigenvalue weighted by Gasteiger charge is 2.32. The summed E-state index contributed by atoms with van der Waals surface area (Å²) in [5.74, 6) is 1.17. The van der Waals surface area contributed by atoms with Crippen molar-refractivity contribution >= 4 is 23.4 Å². The van der Waals surface area contributed by atoms with Crippen LogP contribution in [0, 0.1) is 0 Å². The summed E-state index contributed by atoms with van der Waals surface area (Å²) in [5, 5.41) is 10.1. The largest absolute Gasteiger partial charge is 0.465 e. The maximum Gasteiger partial charge on any atom is 0.412 e. The van der Waals surface area contributed by atoms with Crippen molar-refractivity contribution in [3.05, 3.63) is 53.1 Å². The zero-order valence-corrected chi connectivity index (χ0v) is 12.2. The number of fused-ring (bicyclic) bond motifs is 2. The van der Waals surface area contributed by atoms with Crippen LogP contribution in [0.1, 0.15) is 24.9 Å². The van der Waals surface area contributed by atoms with E-state index in [1.807, 2.05) is 31.2 Å². The summed E-state index contributed by atoms with van der Waals surface area (Å²) in [7, 11) is 0. The van der Waals surface area contributed by atoms with Crippen molar-refractivity contribution in [3.8, 4) is 11.5 Å². The Hall–Kier alpha value is -2.20. The summed E-state index contributed by atoms with van der Waals surface area (Å²) in [6.07, 6.45) is -0.385. The fourth-order valence-electron chi connectivity index (χ4n) is 2.68. The molecule has 1 N–H and O–H groups in total. The minimum atomic E-state index is -1.02. The molecule has 108 valence electrons. The molecular formula is C16H14ClNO3. The number of ether oxygens (including phenoxy) is 1. The molecule has 1 amide bonds. The zero-order chi connectivity index (χ0) is 15.0. The molecule has 0 fully saturated rings. The van der Waals surface area contributed by atoms with Crippen LogP contribution in [0.15, 0.2) is 42.5 Å². The third-order valence-corrected chi connectivity index (χ3v) is 3.82. The molecule has 3 rings (SSSR count). The Labute approximate surface area is 127 Å². The third kappa shape index (κ3) is 2.32. The highest BCUT2D eigenvalue weighted by molar-refractivity contribution is 6.31. The summed E-state index contributed by atoms with van der Waals surface area (Å²) in [4.78, 5) is 13.1. The van der Waals surface area contributed by atoms with Crippen molar-refractivity contribution in [2.45, 2.75) is 19.4 Å². The van der Waals surface area contributed by atoms with Crippen molar-refractivity contribution in [3.63, 3.8) is 0 Å². The van der Waals surface area contributed by atoms with E-state index in [4.69, 9.17) is 16.3 Å². The Morgan fingerprint density at radius 3 is 2.76 bits per heavy atom. The van der Waals surface area contributed by atoms with E-state index in [1.54, 1.807) is 18.2 Å². The summed E-state index contributed by atoms with van der Waals surface area (Å²) in [5.41, 5.74) is 1.33. The zero-order valence-electron chi connectivity index (χ0n) is 11.4. The fraction of sp³-hybridized carbons (Fsp3) is 0.188. The molecular weight excluding hydrogens is 290 g/mol. The van der Waals surface area contributed by atoms with E-state index in [0.29, 0.717) is 28.6 Å². The molecule has 1 atom stereocenters. The van der Waals surface area contributed by atoms with Crippen LogP contribution in [0.2, 0.25) is 5.02 Å². The predicted octanol–water partition coefficient (Wildman–Crippen LogP) is 5.08. The maximum absolute atomic E-state index is 11.8. The van der Waals surface area contributed by atoms with E-state index in [0.717, 1.165) is 5.56 Å². The second-order valence-electron chi connectivity index (χ2n) is 4.83. The van der Waals surface area contributed by atoms with Gasteiger partial charge in [0.15, 0.2) is 5.75 Å². The Bertz CT molecular complexity index is 702. The molecule has 2 aromatic rings. The quantitative estimate of drug-likeness (QED) is 0.799. The molecule has 4 nitrogen and oxygen atoms in total. The SMILES string of the molecule is CCC1c2ccccc2Oc2ccc(Cl)cc2N1C(=O)O. The number of rotatable bonds is 1. The normalized spacial score (nSPS) is 16.5. The number of anilines is 1. The molecule has 0 radical (unpaired) electrons. The summed E-state index contributed by atoms with van der Waals surface area (Å²) < 4.78 is 5.91. The molecule has 0 saturated heterocycles. The predicted molar refractivity (Wildman–Crippen MR) is 81.5 cm³/mol. The van der Waals surface area contributed by atoms with Gasteiger partial charge in [0.2, 0.25) is 0 Å². The van der Waals surface area contributed by atoms with Crippen molar-refractivity contribution in [2.75, 3.05) is 4.90 Å². The van der Waals surface area contributed by atoms with Gasteiger partial charge in [-0.3, -0.25) is 4.90 Å². The smallest absolute Gasteiger partial charge is 0.412 e. The maximum atomic E-state index is 11.8. The van der Waals surface area contributed by atoms with Gasteiger partial charge in [-0.15, -0.1) is 0 Å². The van der Waals surface area contributed by atoms with Gasteiger partial charge in [-0.05, 0) is 30.7 Å². The van der Waals surface area contributed by atoms with Crippen LogP contribution < -0.4 is 9.64 Å². The topological polar surface area (TPSA) is 49.8 Å². The lowest BCUT2D eigenvalue weighted by atomic mass is 10.0. The molecule has 0 aliphatic carbocycles. The molecule has 0 aromatic heterocycles. The Morgan fingerprint density at radius 1 is 1.29 bits per heavy atom. The molecule has 1 aliphatic rings. The second-order valence-corrected chi connectivity index (χ2v) is 5.26. The van der Waals surface area contributed by atoms with Gasteiger partial charge in [0.05, 0.1) is 11.7 Å². The molecule has 0 spiro atoms. The Balaban J connectivity index is 2.27. The van der Waals surface area contributed by atoms with Crippen LogP contribution in [0.25, 0.3) is 0 Å². The van der Waals surface area contributed by atoms with E-state index in [9.17, 15) is 9.90 Å².